The van der Waals surface area contributed by atoms with Crippen LogP contribution in [0.25, 0.3) is 0 Å². The van der Waals surface area contributed by atoms with Crippen LogP contribution in [0.2, 0.25) is 0 Å². The summed E-state index contributed by atoms with van der Waals surface area (Å²) in [5.41, 5.74) is 0. The number of hydrogen-bond acceptors (Lipinski definition) is 1. The molecule has 0 aromatic heterocycles. The molecular formula is C8H20BNaO2. The van der Waals surface area contributed by atoms with Gasteiger partial charge >= 0.3 is 35.5 Å². The Morgan fingerprint density at radius 1 is 1.42 bits per heavy atom. The van der Waals surface area contributed by atoms with Crippen molar-refractivity contribution in [3.63, 3.8) is 0 Å². The monoisotopic (exact) mass is 182 g/mol. The van der Waals surface area contributed by atoms with Gasteiger partial charge in [-0.05, 0) is 6.42 Å². The van der Waals surface area contributed by atoms with E-state index < -0.39 is 5.97 Å². The Labute approximate surface area is 99.0 Å². The molecule has 0 aliphatic rings. The molecule has 0 spiro atoms. The molecule has 0 amide bonds. The van der Waals surface area contributed by atoms with Crippen molar-refractivity contribution in [1.29, 1.82) is 0 Å². The van der Waals surface area contributed by atoms with Gasteiger partial charge in [0.1, 0.15) is 0 Å². The van der Waals surface area contributed by atoms with Crippen molar-refractivity contribution in [2.24, 2.45) is 5.92 Å². The van der Waals surface area contributed by atoms with Gasteiger partial charge in [-0.1, -0.05) is 41.5 Å². The molecule has 0 fully saturated rings. The molecule has 0 aromatic carbocycles. The van der Waals surface area contributed by atoms with Gasteiger partial charge in [0.05, 0.1) is 5.92 Å². The first-order valence-corrected chi connectivity index (χ1v) is 3.91. The van der Waals surface area contributed by atoms with Crippen LogP contribution in [0.5, 0.6) is 0 Å². The molecule has 4 heteroatoms. The zero-order valence-corrected chi connectivity index (χ0v) is 9.76. The summed E-state index contributed by atoms with van der Waals surface area (Å²) in [6, 6.07) is 0. The van der Waals surface area contributed by atoms with E-state index in [0.717, 1.165) is 25.7 Å². The maximum Gasteiger partial charge on any atom is 1.00 e. The molecule has 68 valence electrons. The maximum absolute atomic E-state index is 10.3. The molecule has 0 rings (SSSR count). The number of hydrogen-bond donors (Lipinski definition) is 1. The first-order chi connectivity index (χ1) is 4.68. The summed E-state index contributed by atoms with van der Waals surface area (Å²) in [7, 11) is 0. The van der Waals surface area contributed by atoms with Crippen LogP contribution in [-0.2, 0) is 4.79 Å². The second-order valence-electron chi connectivity index (χ2n) is 2.74. The number of unbranched alkanes of at least 4 members (excludes halogenated alkanes) is 2. The first kappa shape index (κ1) is 18.3. The van der Waals surface area contributed by atoms with Crippen molar-refractivity contribution in [1.82, 2.24) is 0 Å². The minimum Gasteiger partial charge on any atom is -0.481 e. The van der Waals surface area contributed by atoms with E-state index in [2.05, 4.69) is 6.92 Å². The summed E-state index contributed by atoms with van der Waals surface area (Å²) < 4.78 is 0. The van der Waals surface area contributed by atoms with E-state index in [1.54, 1.807) is 6.92 Å². The van der Waals surface area contributed by atoms with Crippen molar-refractivity contribution in [3.05, 3.63) is 0 Å². The fourth-order valence-corrected chi connectivity index (χ4v) is 0.824. The standard InChI is InChI=1S/C8H16O2.BH4.Na/c1-3-4-5-6-7(2)8(9)10;;/h7H,3-6H2,1-2H3,(H,9,10);1H4;/q;-1;+1. The number of carboxylic acids is 1. The minimum absolute atomic E-state index is 0. The van der Waals surface area contributed by atoms with Gasteiger partial charge in [0.25, 0.3) is 0 Å². The average Bonchev–Trinajstić information content (AvgIpc) is 1.88. The Balaban J connectivity index is -0.000000405. The smallest absolute Gasteiger partial charge is 0.481 e. The van der Waals surface area contributed by atoms with Crippen LogP contribution >= 0.6 is 0 Å². The van der Waals surface area contributed by atoms with Crippen molar-refractivity contribution >= 4 is 14.4 Å². The number of carbonyl (C=O) groups is 1. The fraction of sp³-hybridized carbons (Fsp3) is 0.875. The SMILES string of the molecule is CCCCCC(C)C(=O)O.[BH4-].[Na+]. The number of aliphatic carboxylic acids is 1. The zero-order valence-electron chi connectivity index (χ0n) is 7.76. The molecule has 0 aliphatic heterocycles. The van der Waals surface area contributed by atoms with Crippen molar-refractivity contribution < 1.29 is 39.5 Å². The third-order valence-electron chi connectivity index (χ3n) is 1.66. The quantitative estimate of drug-likeness (QED) is 0.388. The average molecular weight is 182 g/mol. The summed E-state index contributed by atoms with van der Waals surface area (Å²) in [6.07, 6.45) is 4.18. The Kier molecular flexibility index (Phi) is 17.6. The summed E-state index contributed by atoms with van der Waals surface area (Å²) in [5, 5.41) is 8.48. The topological polar surface area (TPSA) is 37.3 Å². The van der Waals surface area contributed by atoms with Gasteiger partial charge < -0.3 is 5.11 Å². The van der Waals surface area contributed by atoms with E-state index >= 15 is 0 Å². The molecular weight excluding hydrogens is 162 g/mol. The minimum atomic E-state index is -0.670. The van der Waals surface area contributed by atoms with Crippen LogP contribution in [0, 0.1) is 5.92 Å². The maximum atomic E-state index is 10.3. The molecule has 0 heterocycles. The van der Waals surface area contributed by atoms with Crippen LogP contribution in [-0.4, -0.2) is 19.5 Å². The summed E-state index contributed by atoms with van der Waals surface area (Å²) in [5.74, 6) is -0.831. The second kappa shape index (κ2) is 11.5. The Bertz CT molecular complexity index is 109. The van der Waals surface area contributed by atoms with Gasteiger partial charge in [0, 0.05) is 0 Å². The molecule has 0 radical (unpaired) electrons. The molecule has 2 nitrogen and oxygen atoms in total. The van der Waals surface area contributed by atoms with E-state index in [0.29, 0.717) is 0 Å². The van der Waals surface area contributed by atoms with Crippen molar-refractivity contribution in [2.75, 3.05) is 0 Å². The van der Waals surface area contributed by atoms with Crippen LogP contribution in [0.15, 0.2) is 0 Å². The molecule has 1 unspecified atom stereocenters. The Morgan fingerprint density at radius 3 is 2.25 bits per heavy atom. The van der Waals surface area contributed by atoms with Crippen LogP contribution in [0.1, 0.15) is 39.5 Å². The van der Waals surface area contributed by atoms with Crippen molar-refractivity contribution in [3.8, 4) is 0 Å². The van der Waals surface area contributed by atoms with E-state index in [1.165, 1.54) is 0 Å². The molecule has 0 aliphatic carbocycles. The van der Waals surface area contributed by atoms with E-state index in [4.69, 9.17) is 5.11 Å². The Morgan fingerprint density at radius 2 is 1.92 bits per heavy atom. The Hall–Kier alpha value is 0.535. The van der Waals surface area contributed by atoms with E-state index in [-0.39, 0.29) is 43.9 Å². The number of carboxylic acid groups (broad SMARTS) is 1. The van der Waals surface area contributed by atoms with Gasteiger partial charge in [-0.15, -0.1) is 0 Å². The van der Waals surface area contributed by atoms with Gasteiger partial charge in [-0.3, -0.25) is 4.79 Å². The molecule has 1 atom stereocenters. The van der Waals surface area contributed by atoms with Gasteiger partial charge in [-0.2, -0.15) is 0 Å². The van der Waals surface area contributed by atoms with Crippen LogP contribution in [0.3, 0.4) is 0 Å². The fourth-order valence-electron chi connectivity index (χ4n) is 0.824. The van der Waals surface area contributed by atoms with Gasteiger partial charge in [-0.25, -0.2) is 0 Å². The van der Waals surface area contributed by atoms with E-state index in [9.17, 15) is 4.79 Å². The third-order valence-corrected chi connectivity index (χ3v) is 1.66. The van der Waals surface area contributed by atoms with Crippen molar-refractivity contribution in [2.45, 2.75) is 39.5 Å². The summed E-state index contributed by atoms with van der Waals surface area (Å²) in [6.45, 7) is 3.88. The van der Waals surface area contributed by atoms with Crippen LogP contribution < -0.4 is 29.6 Å². The summed E-state index contributed by atoms with van der Waals surface area (Å²) in [4.78, 5) is 10.3. The van der Waals surface area contributed by atoms with Crippen LogP contribution in [0.4, 0.5) is 0 Å². The molecule has 12 heavy (non-hydrogen) atoms. The first-order valence-electron chi connectivity index (χ1n) is 3.91. The molecule has 0 aromatic rings. The zero-order chi connectivity index (χ0) is 7.98. The predicted octanol–water partition coefficient (Wildman–Crippen LogP) is -2.16. The predicted molar refractivity (Wildman–Crippen MR) is 52.3 cm³/mol. The molecule has 0 bridgehead atoms. The third kappa shape index (κ3) is 10.5. The van der Waals surface area contributed by atoms with E-state index in [1.807, 2.05) is 0 Å². The summed E-state index contributed by atoms with van der Waals surface area (Å²) >= 11 is 0. The molecule has 1 N–H and O–H groups in total. The largest absolute Gasteiger partial charge is 1.00 e. The number of rotatable bonds is 5. The van der Waals surface area contributed by atoms with Gasteiger partial charge in [0.15, 0.2) is 0 Å². The van der Waals surface area contributed by atoms with Gasteiger partial charge in [0.2, 0.25) is 0 Å². The normalized spacial score (nSPS) is 10.8. The second-order valence-corrected chi connectivity index (χ2v) is 2.74. The molecule has 0 saturated carbocycles. The molecule has 0 saturated heterocycles.